The number of ketones is 1. The summed E-state index contributed by atoms with van der Waals surface area (Å²) in [6, 6.07) is 11.8. The number of ether oxygens (including phenoxy) is 2. The fraction of sp³-hybridized carbons (Fsp3) is 0.286. The van der Waals surface area contributed by atoms with E-state index in [2.05, 4.69) is 10.6 Å². The SMILES string of the molecule is COc1ccc(NC(=O)C2CC2C(=O)Nc2ccc(C(C)=O)cc2)cc1OC. The largest absolute Gasteiger partial charge is 0.493 e. The Labute approximate surface area is 163 Å². The third-order valence-electron chi connectivity index (χ3n) is 4.67. The highest BCUT2D eigenvalue weighted by atomic mass is 16.5. The van der Waals surface area contributed by atoms with Gasteiger partial charge in [0.1, 0.15) is 0 Å². The van der Waals surface area contributed by atoms with E-state index in [0.29, 0.717) is 34.9 Å². The Morgan fingerprint density at radius 3 is 1.89 bits per heavy atom. The van der Waals surface area contributed by atoms with Crippen molar-refractivity contribution >= 4 is 29.0 Å². The number of nitrogens with one attached hydrogen (secondary N) is 2. The smallest absolute Gasteiger partial charge is 0.228 e. The summed E-state index contributed by atoms with van der Waals surface area (Å²) in [7, 11) is 3.06. The Kier molecular flexibility index (Phi) is 5.63. The Morgan fingerprint density at radius 1 is 0.821 bits per heavy atom. The number of methoxy groups -OCH3 is 2. The summed E-state index contributed by atoms with van der Waals surface area (Å²) in [5.74, 6) is -0.106. The molecule has 1 saturated carbocycles. The second-order valence-corrected chi connectivity index (χ2v) is 6.63. The van der Waals surface area contributed by atoms with Crippen molar-refractivity contribution < 1.29 is 23.9 Å². The van der Waals surface area contributed by atoms with Gasteiger partial charge in [0.2, 0.25) is 11.8 Å². The van der Waals surface area contributed by atoms with Crippen molar-refractivity contribution in [2.45, 2.75) is 13.3 Å². The average molecular weight is 382 g/mol. The second kappa shape index (κ2) is 8.12. The van der Waals surface area contributed by atoms with Gasteiger partial charge in [-0.15, -0.1) is 0 Å². The minimum Gasteiger partial charge on any atom is -0.493 e. The zero-order chi connectivity index (χ0) is 20.3. The van der Waals surface area contributed by atoms with Crippen molar-refractivity contribution in [3.8, 4) is 11.5 Å². The Morgan fingerprint density at radius 2 is 1.36 bits per heavy atom. The molecule has 0 bridgehead atoms. The van der Waals surface area contributed by atoms with Crippen molar-refractivity contribution in [2.24, 2.45) is 11.8 Å². The topological polar surface area (TPSA) is 93.7 Å². The number of amides is 2. The van der Waals surface area contributed by atoms with Crippen LogP contribution in [-0.2, 0) is 9.59 Å². The van der Waals surface area contributed by atoms with Gasteiger partial charge in [-0.25, -0.2) is 0 Å². The Balaban J connectivity index is 1.56. The molecule has 2 aromatic carbocycles. The predicted octanol–water partition coefficient (Wildman–Crippen LogP) is 3.12. The molecule has 0 radical (unpaired) electrons. The zero-order valence-corrected chi connectivity index (χ0v) is 15.9. The van der Waals surface area contributed by atoms with Gasteiger partial charge in [-0.05, 0) is 49.7 Å². The van der Waals surface area contributed by atoms with Crippen LogP contribution in [0.1, 0.15) is 23.7 Å². The summed E-state index contributed by atoms with van der Waals surface area (Å²) in [6.45, 7) is 1.49. The van der Waals surface area contributed by atoms with E-state index in [1.807, 2.05) is 0 Å². The number of hydrogen-bond donors (Lipinski definition) is 2. The van der Waals surface area contributed by atoms with Crippen molar-refractivity contribution in [3.05, 3.63) is 48.0 Å². The van der Waals surface area contributed by atoms with E-state index in [9.17, 15) is 14.4 Å². The van der Waals surface area contributed by atoms with E-state index < -0.39 is 0 Å². The molecule has 2 N–H and O–H groups in total. The van der Waals surface area contributed by atoms with Crippen LogP contribution in [0, 0.1) is 11.8 Å². The first-order valence-electron chi connectivity index (χ1n) is 8.87. The molecule has 2 amide bonds. The van der Waals surface area contributed by atoms with Crippen molar-refractivity contribution in [1.29, 1.82) is 0 Å². The summed E-state index contributed by atoms with van der Waals surface area (Å²) in [5.41, 5.74) is 1.76. The molecule has 1 fully saturated rings. The highest BCUT2D eigenvalue weighted by molar-refractivity contribution is 6.03. The predicted molar refractivity (Wildman–Crippen MR) is 105 cm³/mol. The van der Waals surface area contributed by atoms with Gasteiger partial charge in [0.25, 0.3) is 0 Å². The molecule has 0 heterocycles. The molecule has 0 aliphatic heterocycles. The molecule has 28 heavy (non-hydrogen) atoms. The van der Waals surface area contributed by atoms with E-state index in [1.54, 1.807) is 42.5 Å². The fourth-order valence-electron chi connectivity index (χ4n) is 2.95. The van der Waals surface area contributed by atoms with Gasteiger partial charge in [0.05, 0.1) is 26.1 Å². The molecule has 146 valence electrons. The van der Waals surface area contributed by atoms with Crippen LogP contribution in [0.3, 0.4) is 0 Å². The van der Waals surface area contributed by atoms with Crippen LogP contribution >= 0.6 is 0 Å². The van der Waals surface area contributed by atoms with Crippen LogP contribution in [0.15, 0.2) is 42.5 Å². The molecule has 0 aromatic heterocycles. The molecule has 7 nitrogen and oxygen atoms in total. The summed E-state index contributed by atoms with van der Waals surface area (Å²) in [6.07, 6.45) is 0.497. The molecule has 1 aliphatic rings. The quantitative estimate of drug-likeness (QED) is 0.718. The summed E-state index contributed by atoms with van der Waals surface area (Å²) < 4.78 is 10.4. The van der Waals surface area contributed by atoms with Crippen LogP contribution in [0.4, 0.5) is 11.4 Å². The molecule has 2 atom stereocenters. The van der Waals surface area contributed by atoms with Gasteiger partial charge in [-0.1, -0.05) is 0 Å². The number of anilines is 2. The second-order valence-electron chi connectivity index (χ2n) is 6.63. The van der Waals surface area contributed by atoms with Crippen molar-refractivity contribution in [1.82, 2.24) is 0 Å². The third kappa shape index (κ3) is 4.31. The lowest BCUT2D eigenvalue weighted by Crippen LogP contribution is -2.20. The number of carbonyl (C=O) groups is 3. The summed E-state index contributed by atoms with van der Waals surface area (Å²) in [4.78, 5) is 36.1. The molecule has 3 rings (SSSR count). The first kappa shape index (κ1) is 19.4. The average Bonchev–Trinajstić information content (AvgIpc) is 3.49. The van der Waals surface area contributed by atoms with E-state index in [1.165, 1.54) is 21.1 Å². The third-order valence-corrected chi connectivity index (χ3v) is 4.67. The lowest BCUT2D eigenvalue weighted by molar-refractivity contribution is -0.122. The minimum atomic E-state index is -0.371. The molecule has 0 spiro atoms. The van der Waals surface area contributed by atoms with Gasteiger partial charge >= 0.3 is 0 Å². The minimum absolute atomic E-state index is 0.0352. The van der Waals surface area contributed by atoms with Crippen molar-refractivity contribution in [3.63, 3.8) is 0 Å². The number of benzene rings is 2. The number of hydrogen-bond acceptors (Lipinski definition) is 5. The van der Waals surface area contributed by atoms with Crippen LogP contribution in [0.25, 0.3) is 0 Å². The lowest BCUT2D eigenvalue weighted by atomic mass is 10.1. The molecule has 1 aliphatic carbocycles. The normalized spacial score (nSPS) is 17.4. The molecule has 7 heteroatoms. The van der Waals surface area contributed by atoms with Crippen LogP contribution in [-0.4, -0.2) is 31.8 Å². The zero-order valence-electron chi connectivity index (χ0n) is 15.9. The molecular weight excluding hydrogens is 360 g/mol. The molecule has 2 aromatic rings. The highest BCUT2D eigenvalue weighted by Crippen LogP contribution is 2.40. The van der Waals surface area contributed by atoms with Crippen LogP contribution in [0.2, 0.25) is 0 Å². The van der Waals surface area contributed by atoms with Crippen molar-refractivity contribution in [2.75, 3.05) is 24.9 Å². The van der Waals surface area contributed by atoms with Gasteiger partial charge in [-0.3, -0.25) is 14.4 Å². The summed E-state index contributed by atoms with van der Waals surface area (Å²) >= 11 is 0. The van der Waals surface area contributed by atoms with Gasteiger partial charge < -0.3 is 20.1 Å². The number of rotatable bonds is 7. The van der Waals surface area contributed by atoms with E-state index in [0.717, 1.165) is 0 Å². The van der Waals surface area contributed by atoms with E-state index in [-0.39, 0.29) is 29.4 Å². The number of carbonyl (C=O) groups excluding carboxylic acids is 3. The van der Waals surface area contributed by atoms with Gasteiger partial charge in [0, 0.05) is 23.0 Å². The standard InChI is InChI=1S/C21H22N2O5/c1-12(24)13-4-6-14(7-5-13)22-20(25)16-11-17(16)21(26)23-15-8-9-18(27-2)19(10-15)28-3/h4-10,16-17H,11H2,1-3H3,(H,22,25)(H,23,26). The van der Waals surface area contributed by atoms with Crippen LogP contribution in [0.5, 0.6) is 11.5 Å². The van der Waals surface area contributed by atoms with Crippen LogP contribution < -0.4 is 20.1 Å². The molecular formula is C21H22N2O5. The van der Waals surface area contributed by atoms with E-state index >= 15 is 0 Å². The first-order valence-corrected chi connectivity index (χ1v) is 8.87. The Bertz CT molecular complexity index is 908. The Hall–Kier alpha value is -3.35. The molecule has 0 saturated heterocycles. The number of Topliss-reactive ketones (excluding diaryl/α,β-unsaturated/α-hetero) is 1. The maximum Gasteiger partial charge on any atom is 0.228 e. The fourth-order valence-corrected chi connectivity index (χ4v) is 2.95. The highest BCUT2D eigenvalue weighted by Gasteiger charge is 2.48. The monoisotopic (exact) mass is 382 g/mol. The maximum absolute atomic E-state index is 12.4. The molecule has 2 unspecified atom stereocenters. The lowest BCUT2D eigenvalue weighted by Gasteiger charge is -2.10. The van der Waals surface area contributed by atoms with Gasteiger partial charge in [0.15, 0.2) is 17.3 Å². The maximum atomic E-state index is 12.4. The van der Waals surface area contributed by atoms with Gasteiger partial charge in [-0.2, -0.15) is 0 Å². The summed E-state index contributed by atoms with van der Waals surface area (Å²) in [5, 5.41) is 5.59. The first-order chi connectivity index (χ1) is 13.4. The van der Waals surface area contributed by atoms with E-state index in [4.69, 9.17) is 9.47 Å².